The van der Waals surface area contributed by atoms with Gasteiger partial charge in [-0.25, -0.2) is 0 Å². The molecule has 10 rings (SSSR count). The molecule has 0 spiro atoms. The lowest BCUT2D eigenvalue weighted by molar-refractivity contribution is 1.29. The third kappa shape index (κ3) is 6.36. The summed E-state index contributed by atoms with van der Waals surface area (Å²) in [6.45, 7) is 0. The van der Waals surface area contributed by atoms with E-state index in [9.17, 15) is 0 Å². The zero-order chi connectivity index (χ0) is 37.3. The average Bonchev–Trinajstić information content (AvgIpc) is 3.64. The monoisotopic (exact) mass is 731 g/mol. The molecule has 0 radical (unpaired) electrons. The average molecular weight is 732 g/mol. The largest absolute Gasteiger partial charge is 0.310 e. The fourth-order valence-corrected chi connectivity index (χ4v) is 9.16. The van der Waals surface area contributed by atoms with E-state index in [-0.39, 0.29) is 0 Å². The maximum atomic E-state index is 2.38. The third-order valence-corrected chi connectivity index (χ3v) is 11.8. The fourth-order valence-electron chi connectivity index (χ4n) is 7.97. The lowest BCUT2D eigenvalue weighted by Crippen LogP contribution is -2.09. The zero-order valence-corrected chi connectivity index (χ0v) is 31.5. The Hall–Kier alpha value is -7.00. The first-order valence-electron chi connectivity index (χ1n) is 19.1. The molecule has 264 valence electrons. The molecular weight excluding hydrogens is 695 g/mol. The van der Waals surface area contributed by atoms with Crippen molar-refractivity contribution in [3.05, 3.63) is 223 Å². The zero-order valence-electron chi connectivity index (χ0n) is 30.7. The van der Waals surface area contributed by atoms with E-state index < -0.39 is 0 Å². The van der Waals surface area contributed by atoms with E-state index in [1.54, 1.807) is 0 Å². The van der Waals surface area contributed by atoms with E-state index in [1.807, 2.05) is 11.3 Å². The van der Waals surface area contributed by atoms with Crippen LogP contribution in [0, 0.1) is 0 Å². The molecule has 0 aliphatic rings. The van der Waals surface area contributed by atoms with Gasteiger partial charge in [0.05, 0.1) is 0 Å². The summed E-state index contributed by atoms with van der Waals surface area (Å²) in [5.41, 5.74) is 13.2. The quantitative estimate of drug-likeness (QED) is 0.141. The minimum absolute atomic E-state index is 1.14. The molecule has 1 heterocycles. The summed E-state index contributed by atoms with van der Waals surface area (Å²) in [6, 6.07) is 76.6. The van der Waals surface area contributed by atoms with E-state index in [4.69, 9.17) is 0 Å². The Morgan fingerprint density at radius 2 is 0.821 bits per heavy atom. The van der Waals surface area contributed by atoms with Gasteiger partial charge in [0, 0.05) is 37.2 Å². The second-order valence-electron chi connectivity index (χ2n) is 14.1. The Morgan fingerprint density at radius 1 is 0.321 bits per heavy atom. The van der Waals surface area contributed by atoms with E-state index in [1.165, 1.54) is 75.5 Å². The molecule has 0 amide bonds. The number of fused-ring (bicyclic) bond motifs is 4. The number of hydrogen-bond donors (Lipinski definition) is 0. The number of hydrogen-bond acceptors (Lipinski definition) is 2. The summed E-state index contributed by atoms with van der Waals surface area (Å²) < 4.78 is 2.57. The van der Waals surface area contributed by atoms with Gasteiger partial charge in [0.2, 0.25) is 0 Å². The molecule has 1 nitrogen and oxygen atoms in total. The maximum Gasteiger partial charge on any atom is 0.0476 e. The SMILES string of the molecule is C(=C\c1ccc2c(c1)sc1cc(N(c3ccccc3)c3ccccc3)ccc12)/c1ccc(-c2cc(-c3ccccc3)c3ccccc3c2-c2ccccc2)cc1. The van der Waals surface area contributed by atoms with Crippen molar-refractivity contribution in [2.24, 2.45) is 0 Å². The molecule has 0 fully saturated rings. The molecule has 0 bridgehead atoms. The Morgan fingerprint density at radius 3 is 1.48 bits per heavy atom. The summed E-state index contributed by atoms with van der Waals surface area (Å²) in [5, 5.41) is 5.11. The Kier molecular flexibility index (Phi) is 8.79. The molecule has 0 saturated heterocycles. The van der Waals surface area contributed by atoms with Gasteiger partial charge in [-0.15, -0.1) is 11.3 Å². The van der Waals surface area contributed by atoms with E-state index in [0.29, 0.717) is 0 Å². The van der Waals surface area contributed by atoms with Crippen LogP contribution in [0.2, 0.25) is 0 Å². The van der Waals surface area contributed by atoms with Crippen molar-refractivity contribution in [3.63, 3.8) is 0 Å². The highest BCUT2D eigenvalue weighted by Crippen LogP contribution is 2.44. The highest BCUT2D eigenvalue weighted by Gasteiger charge is 2.17. The topological polar surface area (TPSA) is 3.24 Å². The summed E-state index contributed by atoms with van der Waals surface area (Å²) in [5.74, 6) is 0. The fraction of sp³-hybridized carbons (Fsp3) is 0. The highest BCUT2D eigenvalue weighted by molar-refractivity contribution is 7.25. The predicted octanol–water partition coefficient (Wildman–Crippen LogP) is 15.8. The van der Waals surface area contributed by atoms with Gasteiger partial charge in [-0.3, -0.25) is 0 Å². The van der Waals surface area contributed by atoms with Crippen molar-refractivity contribution in [1.29, 1.82) is 0 Å². The van der Waals surface area contributed by atoms with E-state index >= 15 is 0 Å². The van der Waals surface area contributed by atoms with Crippen molar-refractivity contribution in [3.8, 4) is 33.4 Å². The van der Waals surface area contributed by atoms with Crippen LogP contribution >= 0.6 is 11.3 Å². The first kappa shape index (κ1) is 33.6. The van der Waals surface area contributed by atoms with Crippen LogP contribution in [0.4, 0.5) is 17.1 Å². The van der Waals surface area contributed by atoms with Crippen LogP contribution in [0.5, 0.6) is 0 Å². The van der Waals surface area contributed by atoms with Gasteiger partial charge in [-0.05, 0) is 104 Å². The smallest absolute Gasteiger partial charge is 0.0476 e. The second-order valence-corrected chi connectivity index (χ2v) is 15.2. The van der Waals surface area contributed by atoms with Crippen molar-refractivity contribution < 1.29 is 0 Å². The Balaban J connectivity index is 0.979. The molecule has 1 aromatic heterocycles. The van der Waals surface area contributed by atoms with Crippen molar-refractivity contribution in [2.45, 2.75) is 0 Å². The normalized spacial score (nSPS) is 11.5. The molecule has 56 heavy (non-hydrogen) atoms. The van der Waals surface area contributed by atoms with Gasteiger partial charge in [-0.2, -0.15) is 0 Å². The van der Waals surface area contributed by atoms with E-state index in [2.05, 4.69) is 229 Å². The number of thiophene rings is 1. The molecule has 0 saturated carbocycles. The summed E-state index contributed by atoms with van der Waals surface area (Å²) in [4.78, 5) is 2.33. The van der Waals surface area contributed by atoms with E-state index in [0.717, 1.165) is 17.1 Å². The van der Waals surface area contributed by atoms with Gasteiger partial charge in [0.1, 0.15) is 0 Å². The molecule has 0 N–H and O–H groups in total. The predicted molar refractivity (Wildman–Crippen MR) is 243 cm³/mol. The van der Waals surface area contributed by atoms with Gasteiger partial charge >= 0.3 is 0 Å². The molecule has 0 aliphatic heterocycles. The number of para-hydroxylation sites is 2. The van der Waals surface area contributed by atoms with Crippen LogP contribution in [-0.4, -0.2) is 0 Å². The standard InChI is InChI=1S/C54H37NS/c1-5-15-40(16-6-1)50-37-51(54(42-17-7-2-8-18-42)49-24-14-13-23-46(49)50)41-30-27-38(28-31-41)25-26-39-29-33-47-48-34-32-45(36-53(48)56-52(47)35-39)55(43-19-9-3-10-20-43)44-21-11-4-12-22-44/h1-37H/b26-25+. The lowest BCUT2D eigenvalue weighted by Gasteiger charge is -2.25. The van der Waals surface area contributed by atoms with Gasteiger partial charge in [0.25, 0.3) is 0 Å². The van der Waals surface area contributed by atoms with Gasteiger partial charge in [-0.1, -0.05) is 176 Å². The number of anilines is 3. The second kappa shape index (κ2) is 14.7. The van der Waals surface area contributed by atoms with Crippen molar-refractivity contribution >= 4 is 71.5 Å². The summed E-state index contributed by atoms with van der Waals surface area (Å²) in [7, 11) is 0. The van der Waals surface area contributed by atoms with Crippen LogP contribution in [0.1, 0.15) is 11.1 Å². The molecule has 0 atom stereocenters. The number of nitrogens with zero attached hydrogens (tertiary/aromatic N) is 1. The van der Waals surface area contributed by atoms with Crippen LogP contribution in [0.25, 0.3) is 76.5 Å². The first-order chi connectivity index (χ1) is 27.8. The van der Waals surface area contributed by atoms with Crippen LogP contribution < -0.4 is 4.90 Å². The minimum Gasteiger partial charge on any atom is -0.310 e. The van der Waals surface area contributed by atoms with Crippen molar-refractivity contribution in [1.82, 2.24) is 0 Å². The summed E-state index contributed by atoms with van der Waals surface area (Å²) >= 11 is 1.86. The minimum atomic E-state index is 1.14. The maximum absolute atomic E-state index is 2.38. The van der Waals surface area contributed by atoms with Gasteiger partial charge in [0.15, 0.2) is 0 Å². The molecule has 10 aromatic rings. The van der Waals surface area contributed by atoms with Gasteiger partial charge < -0.3 is 4.90 Å². The van der Waals surface area contributed by atoms with Crippen LogP contribution in [0.3, 0.4) is 0 Å². The Labute approximate surface area is 331 Å². The number of benzene rings is 9. The van der Waals surface area contributed by atoms with Crippen molar-refractivity contribution in [2.75, 3.05) is 4.90 Å². The van der Waals surface area contributed by atoms with Crippen LogP contribution in [-0.2, 0) is 0 Å². The molecule has 2 heteroatoms. The highest BCUT2D eigenvalue weighted by atomic mass is 32.1. The Bertz CT molecular complexity index is 2940. The third-order valence-electron chi connectivity index (χ3n) is 10.6. The first-order valence-corrected chi connectivity index (χ1v) is 19.9. The summed E-state index contributed by atoms with van der Waals surface area (Å²) in [6.07, 6.45) is 4.46. The van der Waals surface area contributed by atoms with Crippen LogP contribution in [0.15, 0.2) is 212 Å². The molecule has 0 unspecified atom stereocenters. The lowest BCUT2D eigenvalue weighted by atomic mass is 9.85. The molecule has 0 aliphatic carbocycles. The molecule has 9 aromatic carbocycles. The molecular formula is C54H37NS. The number of rotatable bonds is 8.